The van der Waals surface area contributed by atoms with Crippen LogP contribution >= 0.6 is 0 Å². The van der Waals surface area contributed by atoms with Gasteiger partial charge in [-0.15, -0.1) is 0 Å². The highest BCUT2D eigenvalue weighted by Crippen LogP contribution is 2.17. The van der Waals surface area contributed by atoms with Crippen molar-refractivity contribution in [1.82, 2.24) is 4.98 Å². The van der Waals surface area contributed by atoms with E-state index in [9.17, 15) is 9.18 Å². The number of aromatic nitrogens is 1. The van der Waals surface area contributed by atoms with Crippen molar-refractivity contribution in [2.75, 3.05) is 10.6 Å². The van der Waals surface area contributed by atoms with Crippen LogP contribution < -0.4 is 10.6 Å². The molecule has 0 radical (unpaired) electrons. The van der Waals surface area contributed by atoms with E-state index in [1.807, 2.05) is 30.3 Å². The molecule has 0 aliphatic rings. The minimum absolute atomic E-state index is 0.305. The molecular weight excluding hydrogens is 293 g/mol. The second-order valence-corrected chi connectivity index (χ2v) is 4.91. The normalized spacial score (nSPS) is 10.1. The summed E-state index contributed by atoms with van der Waals surface area (Å²) in [6.07, 6.45) is 3.12. The number of hydrogen-bond acceptors (Lipinski definition) is 3. The number of pyridine rings is 1. The van der Waals surface area contributed by atoms with Crippen molar-refractivity contribution in [3.63, 3.8) is 0 Å². The maximum absolute atomic E-state index is 12.9. The number of carbonyl (C=O) groups excluding carboxylic acids is 1. The number of para-hydroxylation sites is 1. The Bertz CT molecular complexity index is 804. The first-order chi connectivity index (χ1) is 11.2. The largest absolute Gasteiger partial charge is 0.354 e. The summed E-state index contributed by atoms with van der Waals surface area (Å²) in [6, 6.07) is 16.9. The first-order valence-corrected chi connectivity index (χ1v) is 7.05. The van der Waals surface area contributed by atoms with Gasteiger partial charge in [-0.3, -0.25) is 9.78 Å². The number of nitrogens with one attached hydrogen (secondary N) is 2. The van der Waals surface area contributed by atoms with Gasteiger partial charge in [0, 0.05) is 17.6 Å². The second kappa shape index (κ2) is 6.70. The van der Waals surface area contributed by atoms with Gasteiger partial charge in [-0.25, -0.2) is 4.39 Å². The summed E-state index contributed by atoms with van der Waals surface area (Å²) in [5.41, 5.74) is 2.56. The van der Waals surface area contributed by atoms with Crippen molar-refractivity contribution < 1.29 is 9.18 Å². The molecular formula is C18H14FN3O. The summed E-state index contributed by atoms with van der Waals surface area (Å²) >= 11 is 0. The molecule has 114 valence electrons. The van der Waals surface area contributed by atoms with Gasteiger partial charge < -0.3 is 10.6 Å². The van der Waals surface area contributed by atoms with E-state index in [0.717, 1.165) is 5.69 Å². The molecule has 0 saturated heterocycles. The molecule has 0 spiro atoms. The zero-order valence-electron chi connectivity index (χ0n) is 12.2. The van der Waals surface area contributed by atoms with Gasteiger partial charge in [-0.05, 0) is 42.5 Å². The minimum atomic E-state index is -0.348. The molecule has 0 saturated carbocycles. The molecule has 1 amide bonds. The summed E-state index contributed by atoms with van der Waals surface area (Å²) in [5.74, 6) is -0.653. The van der Waals surface area contributed by atoms with Crippen molar-refractivity contribution in [2.24, 2.45) is 0 Å². The Kier molecular flexibility index (Phi) is 4.29. The maximum Gasteiger partial charge on any atom is 0.257 e. The number of benzene rings is 2. The maximum atomic E-state index is 12.9. The van der Waals surface area contributed by atoms with Crippen LogP contribution in [0.3, 0.4) is 0 Å². The van der Waals surface area contributed by atoms with Crippen LogP contribution in [-0.2, 0) is 0 Å². The van der Waals surface area contributed by atoms with Crippen molar-refractivity contribution in [3.8, 4) is 0 Å². The fraction of sp³-hybridized carbons (Fsp3) is 0. The topological polar surface area (TPSA) is 54.0 Å². The van der Waals surface area contributed by atoms with Crippen LogP contribution in [0.5, 0.6) is 0 Å². The van der Waals surface area contributed by atoms with Crippen molar-refractivity contribution in [2.45, 2.75) is 0 Å². The van der Waals surface area contributed by atoms with Crippen LogP contribution in [0.25, 0.3) is 0 Å². The summed E-state index contributed by atoms with van der Waals surface area (Å²) in [7, 11) is 0. The lowest BCUT2D eigenvalue weighted by atomic mass is 10.2. The number of anilines is 3. The average Bonchev–Trinajstić information content (AvgIpc) is 2.58. The van der Waals surface area contributed by atoms with Crippen LogP contribution in [0.15, 0.2) is 73.1 Å². The summed E-state index contributed by atoms with van der Waals surface area (Å²) < 4.78 is 12.9. The molecule has 4 nitrogen and oxygen atoms in total. The van der Waals surface area contributed by atoms with Crippen molar-refractivity contribution in [3.05, 3.63) is 84.4 Å². The number of rotatable bonds is 4. The highest BCUT2D eigenvalue weighted by Gasteiger charge is 2.08. The van der Waals surface area contributed by atoms with E-state index in [4.69, 9.17) is 0 Å². The van der Waals surface area contributed by atoms with E-state index in [-0.39, 0.29) is 11.7 Å². The van der Waals surface area contributed by atoms with Gasteiger partial charge in [0.2, 0.25) is 0 Å². The first-order valence-electron chi connectivity index (χ1n) is 7.05. The highest BCUT2D eigenvalue weighted by molar-refractivity contribution is 6.04. The number of hydrogen-bond donors (Lipinski definition) is 2. The lowest BCUT2D eigenvalue weighted by Gasteiger charge is -2.08. The van der Waals surface area contributed by atoms with Gasteiger partial charge in [0.05, 0.1) is 17.4 Å². The van der Waals surface area contributed by atoms with Crippen LogP contribution in [0, 0.1) is 5.82 Å². The number of nitrogens with zero attached hydrogens (tertiary/aromatic N) is 1. The van der Waals surface area contributed by atoms with Gasteiger partial charge in [-0.2, -0.15) is 0 Å². The summed E-state index contributed by atoms with van der Waals surface area (Å²) in [4.78, 5) is 16.3. The molecule has 1 heterocycles. The Morgan fingerprint density at radius 1 is 0.870 bits per heavy atom. The van der Waals surface area contributed by atoms with Gasteiger partial charge in [0.25, 0.3) is 5.91 Å². The number of amides is 1. The summed E-state index contributed by atoms with van der Waals surface area (Å²) in [6.45, 7) is 0. The number of halogens is 1. The molecule has 0 aliphatic heterocycles. The Morgan fingerprint density at radius 3 is 2.35 bits per heavy atom. The monoisotopic (exact) mass is 307 g/mol. The highest BCUT2D eigenvalue weighted by atomic mass is 19.1. The molecule has 0 bridgehead atoms. The van der Waals surface area contributed by atoms with Crippen LogP contribution in [-0.4, -0.2) is 10.9 Å². The Hall–Kier alpha value is -3.21. The molecule has 0 aliphatic carbocycles. The van der Waals surface area contributed by atoms with Gasteiger partial charge >= 0.3 is 0 Å². The summed E-state index contributed by atoms with van der Waals surface area (Å²) in [5, 5.41) is 5.88. The zero-order chi connectivity index (χ0) is 16.1. The van der Waals surface area contributed by atoms with Crippen LogP contribution in [0.1, 0.15) is 10.4 Å². The molecule has 1 aromatic heterocycles. The third-order valence-corrected chi connectivity index (χ3v) is 3.16. The van der Waals surface area contributed by atoms with Crippen LogP contribution in [0.2, 0.25) is 0 Å². The third-order valence-electron chi connectivity index (χ3n) is 3.16. The molecule has 3 aromatic rings. The molecule has 3 rings (SSSR count). The smallest absolute Gasteiger partial charge is 0.257 e. The molecule has 23 heavy (non-hydrogen) atoms. The standard InChI is InChI=1S/C18H14FN3O/c19-14-6-8-16(9-7-14)22-18(23)13-10-17(12-20-11-13)21-15-4-2-1-3-5-15/h1-12,21H,(H,22,23). The van der Waals surface area contributed by atoms with Gasteiger partial charge in [-0.1, -0.05) is 18.2 Å². The van der Waals surface area contributed by atoms with Crippen molar-refractivity contribution in [1.29, 1.82) is 0 Å². The van der Waals surface area contributed by atoms with Crippen LogP contribution in [0.4, 0.5) is 21.5 Å². The van der Waals surface area contributed by atoms with E-state index in [1.165, 1.54) is 30.5 Å². The van der Waals surface area contributed by atoms with Gasteiger partial charge in [0.1, 0.15) is 5.82 Å². The first kappa shape index (κ1) is 14.7. The van der Waals surface area contributed by atoms with E-state index in [0.29, 0.717) is 16.9 Å². The van der Waals surface area contributed by atoms with E-state index >= 15 is 0 Å². The predicted molar refractivity (Wildman–Crippen MR) is 88.3 cm³/mol. The lowest BCUT2D eigenvalue weighted by Crippen LogP contribution is -2.12. The molecule has 0 unspecified atom stereocenters. The average molecular weight is 307 g/mol. The van der Waals surface area contributed by atoms with E-state index in [2.05, 4.69) is 15.6 Å². The van der Waals surface area contributed by atoms with Crippen molar-refractivity contribution >= 4 is 23.0 Å². The quantitative estimate of drug-likeness (QED) is 0.759. The number of carbonyl (C=O) groups is 1. The lowest BCUT2D eigenvalue weighted by molar-refractivity contribution is 0.102. The SMILES string of the molecule is O=C(Nc1ccc(F)cc1)c1cncc(Nc2ccccc2)c1. The molecule has 2 aromatic carbocycles. The fourth-order valence-corrected chi connectivity index (χ4v) is 2.06. The second-order valence-electron chi connectivity index (χ2n) is 4.91. The molecule has 0 fully saturated rings. The van der Waals surface area contributed by atoms with Gasteiger partial charge in [0.15, 0.2) is 0 Å². The molecule has 5 heteroatoms. The molecule has 0 atom stereocenters. The Balaban J connectivity index is 1.73. The Morgan fingerprint density at radius 2 is 1.61 bits per heavy atom. The fourth-order valence-electron chi connectivity index (χ4n) is 2.06. The predicted octanol–water partition coefficient (Wildman–Crippen LogP) is 4.22. The Labute approximate surface area is 133 Å². The minimum Gasteiger partial charge on any atom is -0.354 e. The van der Waals surface area contributed by atoms with E-state index in [1.54, 1.807) is 12.3 Å². The molecule has 2 N–H and O–H groups in total. The van der Waals surface area contributed by atoms with E-state index < -0.39 is 0 Å². The third kappa shape index (κ3) is 3.91. The zero-order valence-corrected chi connectivity index (χ0v) is 12.2.